The molecule has 16 heteroatoms. The largest absolute Gasteiger partial charge is 0.494 e. The van der Waals surface area contributed by atoms with Crippen LogP contribution < -0.4 is 24.4 Å². The van der Waals surface area contributed by atoms with Crippen molar-refractivity contribution in [3.05, 3.63) is 121 Å². The number of hydrogen-bond donors (Lipinski definition) is 1. The third-order valence-corrected chi connectivity index (χ3v) is 9.28. The van der Waals surface area contributed by atoms with Gasteiger partial charge in [-0.3, -0.25) is 5.43 Å². The molecule has 2 aromatic heterocycles. The van der Waals surface area contributed by atoms with E-state index >= 15 is 0 Å². The highest BCUT2D eigenvalue weighted by Gasteiger charge is 2.16. The van der Waals surface area contributed by atoms with Crippen molar-refractivity contribution < 1.29 is 47.6 Å². The average Bonchev–Trinajstić information content (AvgIpc) is 3.69. The van der Waals surface area contributed by atoms with Crippen LogP contribution in [-0.2, 0) is 19.1 Å². The van der Waals surface area contributed by atoms with Gasteiger partial charge in [0.25, 0.3) is 0 Å². The van der Waals surface area contributed by atoms with Gasteiger partial charge in [-0.15, -0.1) is 0 Å². The minimum Gasteiger partial charge on any atom is -0.494 e. The fourth-order valence-corrected chi connectivity index (χ4v) is 6.04. The normalized spacial score (nSPS) is 10.8. The Bertz CT molecular complexity index is 2210. The average molecular weight is 836 g/mol. The van der Waals surface area contributed by atoms with Crippen LogP contribution in [0.15, 0.2) is 110 Å². The summed E-state index contributed by atoms with van der Waals surface area (Å²) in [5.74, 6) is -0.502. The number of rotatable bonds is 25. The number of ether oxygens (including phenoxy) is 6. The standard InChI is InChI=1S/C44H45N5O10S/c1-3-38(50)56-27-11-7-5-9-25-54-34-17-13-31(14-18-34)42(52)58-36-21-22-37(33(29-36)30-47-49-44-48-40-41(60-44)46-24-23-45-40)59-43(53)32-15-19-35(20-16-32)55-26-10-6-8-12-28-57-39(51)4-2/h3-4,13-24,29-30H,1-2,5-12,25-28H2,(H,45,48,49)/b47-30+. The van der Waals surface area contributed by atoms with Gasteiger partial charge in [-0.05, 0) is 118 Å². The summed E-state index contributed by atoms with van der Waals surface area (Å²) in [6.45, 7) is 8.47. The number of hydrazone groups is 1. The van der Waals surface area contributed by atoms with Crippen molar-refractivity contribution in [1.29, 1.82) is 0 Å². The number of anilines is 1. The van der Waals surface area contributed by atoms with Crippen LogP contribution in [0.25, 0.3) is 10.5 Å². The van der Waals surface area contributed by atoms with E-state index < -0.39 is 23.9 Å². The number of esters is 4. The summed E-state index contributed by atoms with van der Waals surface area (Å²) < 4.78 is 33.0. The molecule has 0 radical (unpaired) electrons. The zero-order chi connectivity index (χ0) is 42.4. The first kappa shape index (κ1) is 44.2. The maximum absolute atomic E-state index is 13.3. The first-order valence-electron chi connectivity index (χ1n) is 19.3. The van der Waals surface area contributed by atoms with Crippen LogP contribution in [0, 0.1) is 0 Å². The predicted molar refractivity (Wildman–Crippen MR) is 226 cm³/mol. The molecule has 0 aliphatic rings. The van der Waals surface area contributed by atoms with Gasteiger partial charge in [0.05, 0.1) is 43.8 Å². The van der Waals surface area contributed by atoms with E-state index in [2.05, 4.69) is 38.6 Å². The molecule has 5 rings (SSSR count). The smallest absolute Gasteiger partial charge is 0.343 e. The number of unbranched alkanes of at least 4 members (excludes halogenated alkanes) is 6. The number of carbonyl (C=O) groups excluding carboxylic acids is 4. The summed E-state index contributed by atoms with van der Waals surface area (Å²) in [6, 6.07) is 17.8. The number of aromatic nitrogens is 3. The maximum atomic E-state index is 13.3. The summed E-state index contributed by atoms with van der Waals surface area (Å²) in [5, 5.41) is 4.73. The second-order valence-electron chi connectivity index (χ2n) is 12.9. The number of benzene rings is 3. The van der Waals surface area contributed by atoms with Crippen LogP contribution in [0.5, 0.6) is 23.0 Å². The Hall–Kier alpha value is -6.94. The number of hydrogen-bond acceptors (Lipinski definition) is 16. The highest BCUT2D eigenvalue weighted by Crippen LogP contribution is 2.27. The molecule has 15 nitrogen and oxygen atoms in total. The predicted octanol–water partition coefficient (Wildman–Crippen LogP) is 8.31. The Morgan fingerprint density at radius 2 is 1.15 bits per heavy atom. The van der Waals surface area contributed by atoms with E-state index in [1.54, 1.807) is 60.9 Å². The molecular formula is C44H45N5O10S. The zero-order valence-corrected chi connectivity index (χ0v) is 33.7. The van der Waals surface area contributed by atoms with Crippen LogP contribution >= 0.6 is 11.3 Å². The lowest BCUT2D eigenvalue weighted by atomic mass is 10.2. The number of nitrogens with one attached hydrogen (secondary N) is 1. The van der Waals surface area contributed by atoms with Crippen LogP contribution in [0.3, 0.4) is 0 Å². The number of thiazole rings is 1. The molecule has 5 aromatic rings. The van der Waals surface area contributed by atoms with Crippen molar-refractivity contribution in [3.63, 3.8) is 0 Å². The molecule has 312 valence electrons. The summed E-state index contributed by atoms with van der Waals surface area (Å²) in [7, 11) is 0. The Morgan fingerprint density at radius 3 is 1.70 bits per heavy atom. The first-order chi connectivity index (χ1) is 29.3. The Labute approximate surface area is 351 Å². The van der Waals surface area contributed by atoms with Crippen molar-refractivity contribution in [2.45, 2.75) is 51.4 Å². The Balaban J connectivity index is 1.15. The molecule has 0 atom stereocenters. The van der Waals surface area contributed by atoms with E-state index in [0.29, 0.717) is 70.2 Å². The molecule has 0 bridgehead atoms. The summed E-state index contributed by atoms with van der Waals surface area (Å²) >= 11 is 1.26. The minimum atomic E-state index is -0.622. The van der Waals surface area contributed by atoms with Gasteiger partial charge in [-0.2, -0.15) is 10.1 Å². The molecule has 0 saturated carbocycles. The third kappa shape index (κ3) is 14.8. The van der Waals surface area contributed by atoms with Gasteiger partial charge >= 0.3 is 23.9 Å². The molecule has 2 heterocycles. The van der Waals surface area contributed by atoms with Crippen molar-refractivity contribution >= 4 is 57.0 Å². The van der Waals surface area contributed by atoms with E-state index in [-0.39, 0.29) is 11.5 Å². The summed E-state index contributed by atoms with van der Waals surface area (Å²) in [5.41, 5.74) is 4.25. The Kier molecular flexibility index (Phi) is 17.7. The second kappa shape index (κ2) is 24.1. The molecule has 0 spiro atoms. The quantitative estimate of drug-likeness (QED) is 0.0148. The van der Waals surface area contributed by atoms with E-state index in [1.165, 1.54) is 35.8 Å². The van der Waals surface area contributed by atoms with E-state index in [1.807, 2.05) is 0 Å². The van der Waals surface area contributed by atoms with Gasteiger partial charge < -0.3 is 28.4 Å². The van der Waals surface area contributed by atoms with Crippen LogP contribution in [0.4, 0.5) is 5.13 Å². The van der Waals surface area contributed by atoms with Gasteiger partial charge in [-0.25, -0.2) is 29.1 Å². The molecular weight excluding hydrogens is 791 g/mol. The van der Waals surface area contributed by atoms with Crippen LogP contribution in [0.2, 0.25) is 0 Å². The lowest BCUT2D eigenvalue weighted by Crippen LogP contribution is -2.11. The van der Waals surface area contributed by atoms with Gasteiger partial charge in [-0.1, -0.05) is 24.5 Å². The number of fused-ring (bicyclic) bond motifs is 1. The molecule has 0 amide bonds. The highest BCUT2D eigenvalue weighted by atomic mass is 32.1. The monoisotopic (exact) mass is 835 g/mol. The third-order valence-electron chi connectivity index (χ3n) is 8.42. The van der Waals surface area contributed by atoms with Gasteiger partial charge in [0.15, 0.2) is 10.5 Å². The topological polar surface area (TPSA) is 187 Å². The minimum absolute atomic E-state index is 0.162. The van der Waals surface area contributed by atoms with Gasteiger partial charge in [0.2, 0.25) is 5.13 Å². The van der Waals surface area contributed by atoms with Gasteiger partial charge in [0.1, 0.15) is 23.0 Å². The van der Waals surface area contributed by atoms with Crippen molar-refractivity contribution in [3.8, 4) is 23.0 Å². The van der Waals surface area contributed by atoms with Crippen molar-refractivity contribution in [2.75, 3.05) is 31.9 Å². The van der Waals surface area contributed by atoms with E-state index in [4.69, 9.17) is 28.4 Å². The molecule has 0 unspecified atom stereocenters. The number of carbonyl (C=O) groups is 4. The zero-order valence-electron chi connectivity index (χ0n) is 32.9. The van der Waals surface area contributed by atoms with Crippen LogP contribution in [-0.4, -0.2) is 71.5 Å². The summed E-state index contributed by atoms with van der Waals surface area (Å²) in [6.07, 6.45) is 13.6. The van der Waals surface area contributed by atoms with Crippen molar-refractivity contribution in [1.82, 2.24) is 15.0 Å². The lowest BCUT2D eigenvalue weighted by Gasteiger charge is -2.11. The maximum Gasteiger partial charge on any atom is 0.343 e. The fourth-order valence-electron chi connectivity index (χ4n) is 5.32. The second-order valence-corrected chi connectivity index (χ2v) is 13.8. The molecule has 0 aliphatic heterocycles. The summed E-state index contributed by atoms with van der Waals surface area (Å²) in [4.78, 5) is 62.0. The number of nitrogens with zero attached hydrogens (tertiary/aromatic N) is 4. The van der Waals surface area contributed by atoms with E-state index in [0.717, 1.165) is 63.5 Å². The fraction of sp³-hybridized carbons (Fsp3) is 0.273. The molecule has 60 heavy (non-hydrogen) atoms. The lowest BCUT2D eigenvalue weighted by molar-refractivity contribution is -0.138. The first-order valence-corrected chi connectivity index (χ1v) is 20.1. The molecule has 1 N–H and O–H groups in total. The van der Waals surface area contributed by atoms with E-state index in [9.17, 15) is 19.2 Å². The molecule has 0 fully saturated rings. The van der Waals surface area contributed by atoms with Crippen molar-refractivity contribution in [2.24, 2.45) is 5.10 Å². The molecule has 0 saturated heterocycles. The SMILES string of the molecule is C=CC(=O)OCCCCCCOc1ccc(C(=O)Oc2ccc(OC(=O)c3ccc(OCCCCCCOC(=O)C=C)cc3)c(/C=N/Nc3nc4nccnc4s3)c2)cc1. The molecule has 0 aliphatic carbocycles. The Morgan fingerprint density at radius 1 is 0.633 bits per heavy atom. The van der Waals surface area contributed by atoms with Gasteiger partial charge in [0, 0.05) is 30.1 Å². The highest BCUT2D eigenvalue weighted by molar-refractivity contribution is 7.21. The molecule has 3 aromatic carbocycles. The van der Waals surface area contributed by atoms with Crippen LogP contribution in [0.1, 0.15) is 77.6 Å².